The van der Waals surface area contributed by atoms with Crippen molar-refractivity contribution in [2.45, 2.75) is 57.0 Å². The third-order valence-electron chi connectivity index (χ3n) is 10.2. The van der Waals surface area contributed by atoms with Crippen molar-refractivity contribution in [3.63, 3.8) is 0 Å². The normalized spacial score (nSPS) is 25.2. The number of carbonyl (C=O) groups is 4. The van der Waals surface area contributed by atoms with Crippen molar-refractivity contribution in [2.75, 3.05) is 45.8 Å². The lowest BCUT2D eigenvalue weighted by molar-refractivity contribution is -0.460. The number of carbonyl (C=O) groups excluding carboxylic acids is 4. The number of aliphatic imine (C=N–C) groups is 1. The highest BCUT2D eigenvalue weighted by molar-refractivity contribution is 7.87. The molecule has 7 rings (SSSR count). The maximum absolute atomic E-state index is 13.1. The molecule has 48 heavy (non-hydrogen) atoms. The van der Waals surface area contributed by atoms with E-state index in [0.29, 0.717) is 63.1 Å². The lowest BCUT2D eigenvalue weighted by Gasteiger charge is -2.33. The van der Waals surface area contributed by atoms with Gasteiger partial charge in [-0.15, -0.1) is 0 Å². The first-order valence-electron chi connectivity index (χ1n) is 16.7. The van der Waals surface area contributed by atoms with E-state index in [1.807, 2.05) is 41.1 Å². The van der Waals surface area contributed by atoms with Crippen LogP contribution >= 0.6 is 0 Å². The van der Waals surface area contributed by atoms with Crippen LogP contribution in [0.1, 0.15) is 60.9 Å². The molecule has 15 heteroatoms. The van der Waals surface area contributed by atoms with E-state index in [9.17, 15) is 27.6 Å². The summed E-state index contributed by atoms with van der Waals surface area (Å²) in [6, 6.07) is 7.38. The minimum Gasteiger partial charge on any atom is -0.351 e. The molecule has 0 bridgehead atoms. The van der Waals surface area contributed by atoms with Gasteiger partial charge in [0.05, 0.1) is 11.0 Å². The zero-order chi connectivity index (χ0) is 33.5. The Morgan fingerprint density at radius 1 is 1.04 bits per heavy atom. The number of nitrogens with one attached hydrogen (secondary N) is 4. The Morgan fingerprint density at radius 3 is 2.58 bits per heavy atom. The fraction of sp³-hybridized carbons (Fsp3) is 0.515. The van der Waals surface area contributed by atoms with Crippen molar-refractivity contribution in [1.82, 2.24) is 29.9 Å². The van der Waals surface area contributed by atoms with Crippen LogP contribution in [0.25, 0.3) is 0 Å². The molecule has 4 amide bonds. The third kappa shape index (κ3) is 6.77. The van der Waals surface area contributed by atoms with Crippen LogP contribution in [0.2, 0.25) is 0 Å². The highest BCUT2D eigenvalue weighted by Gasteiger charge is 2.53. The Balaban J connectivity index is 0.850. The van der Waals surface area contributed by atoms with Gasteiger partial charge >= 0.3 is 5.82 Å². The predicted octanol–water partition coefficient (Wildman–Crippen LogP) is -0.210. The van der Waals surface area contributed by atoms with Gasteiger partial charge in [-0.1, -0.05) is 12.1 Å². The zero-order valence-electron chi connectivity index (χ0n) is 26.7. The molecule has 6 aliphatic rings. The van der Waals surface area contributed by atoms with E-state index in [4.69, 9.17) is 4.99 Å². The van der Waals surface area contributed by atoms with Gasteiger partial charge < -0.3 is 15.5 Å². The fourth-order valence-electron chi connectivity index (χ4n) is 7.09. The number of piperidine rings is 1. The molecule has 0 unspecified atom stereocenters. The largest absolute Gasteiger partial charge is 0.351 e. The summed E-state index contributed by atoms with van der Waals surface area (Å²) in [5, 5.41) is 8.38. The molecule has 1 spiro atoms. The molecule has 254 valence electrons. The van der Waals surface area contributed by atoms with Crippen LogP contribution in [0.5, 0.6) is 0 Å². The number of hydrogen-bond acceptors (Lipinski definition) is 8. The number of amides is 4. The van der Waals surface area contributed by atoms with E-state index < -0.39 is 15.6 Å². The van der Waals surface area contributed by atoms with Gasteiger partial charge in [0.1, 0.15) is 12.8 Å². The summed E-state index contributed by atoms with van der Waals surface area (Å²) >= 11 is 0. The van der Waals surface area contributed by atoms with Crippen molar-refractivity contribution >= 4 is 45.8 Å². The van der Waals surface area contributed by atoms with Crippen LogP contribution in [0.3, 0.4) is 0 Å². The first-order valence-corrected chi connectivity index (χ1v) is 18.2. The maximum atomic E-state index is 13.1. The van der Waals surface area contributed by atoms with Crippen LogP contribution in [-0.2, 0) is 24.6 Å². The van der Waals surface area contributed by atoms with Crippen molar-refractivity contribution in [1.29, 1.82) is 0 Å². The number of fused-ring (bicyclic) bond motifs is 1. The van der Waals surface area contributed by atoms with E-state index in [1.165, 1.54) is 4.31 Å². The minimum absolute atomic E-state index is 0.0168. The Morgan fingerprint density at radius 2 is 1.85 bits per heavy atom. The SMILES string of the molecule is O=C1C[C@]2(CCN(S(=O)(=O)NC3CCN(CCNC(=O)c4cccc(C5=NC6=CC=C(C(=O)NC7CCC7)C[N+]6=C5)c4)CC3)C2)C(=O)N1. The van der Waals surface area contributed by atoms with Crippen LogP contribution in [0.15, 0.2) is 52.8 Å². The third-order valence-corrected chi connectivity index (χ3v) is 11.9. The molecule has 4 N–H and O–H groups in total. The van der Waals surface area contributed by atoms with Gasteiger partial charge in [-0.25, -0.2) is 4.58 Å². The van der Waals surface area contributed by atoms with Gasteiger partial charge in [-0.2, -0.15) is 17.4 Å². The average Bonchev–Trinajstić information content (AvgIpc) is 3.76. The van der Waals surface area contributed by atoms with Gasteiger partial charge in [0.15, 0.2) is 0 Å². The van der Waals surface area contributed by atoms with Gasteiger partial charge in [0, 0.05) is 61.9 Å². The smallest absolute Gasteiger partial charge is 0.324 e. The summed E-state index contributed by atoms with van der Waals surface area (Å²) in [6.45, 7) is 3.11. The lowest BCUT2D eigenvalue weighted by atomic mass is 9.86. The molecule has 0 aromatic heterocycles. The molecule has 0 radical (unpaired) electrons. The Hall–Kier alpha value is -4.05. The first-order chi connectivity index (χ1) is 23.1. The van der Waals surface area contributed by atoms with E-state index >= 15 is 0 Å². The monoisotopic (exact) mass is 677 g/mol. The van der Waals surface area contributed by atoms with Crippen LogP contribution in [0, 0.1) is 5.41 Å². The maximum Gasteiger partial charge on any atom is 0.324 e. The molecule has 1 aromatic rings. The summed E-state index contributed by atoms with van der Waals surface area (Å²) in [4.78, 5) is 56.5. The quantitative estimate of drug-likeness (QED) is 0.196. The summed E-state index contributed by atoms with van der Waals surface area (Å²) in [7, 11) is -3.78. The highest BCUT2D eigenvalue weighted by atomic mass is 32.2. The van der Waals surface area contributed by atoms with E-state index in [0.717, 1.165) is 36.4 Å². The van der Waals surface area contributed by atoms with E-state index in [-0.39, 0.29) is 55.2 Å². The molecule has 1 saturated carbocycles. The van der Waals surface area contributed by atoms with Crippen LogP contribution in [0.4, 0.5) is 0 Å². The Kier molecular flexibility index (Phi) is 8.87. The zero-order valence-corrected chi connectivity index (χ0v) is 27.6. The summed E-state index contributed by atoms with van der Waals surface area (Å²) < 4.78 is 32.1. The minimum atomic E-state index is -3.78. The summed E-state index contributed by atoms with van der Waals surface area (Å²) in [6.07, 6.45) is 10.4. The number of hydrogen-bond donors (Lipinski definition) is 4. The number of benzene rings is 1. The molecule has 1 aliphatic carbocycles. The predicted molar refractivity (Wildman–Crippen MR) is 176 cm³/mol. The number of likely N-dealkylation sites (tertiary alicyclic amines) is 1. The van der Waals surface area contributed by atoms with Crippen molar-refractivity contribution in [3.8, 4) is 0 Å². The number of nitrogens with zero attached hydrogens (tertiary/aromatic N) is 4. The van der Waals surface area contributed by atoms with Crippen molar-refractivity contribution in [3.05, 3.63) is 58.9 Å². The number of imide groups is 1. The van der Waals surface area contributed by atoms with Crippen molar-refractivity contribution in [2.24, 2.45) is 10.4 Å². The summed E-state index contributed by atoms with van der Waals surface area (Å²) in [5.74, 6) is -0.191. The summed E-state index contributed by atoms with van der Waals surface area (Å²) in [5.41, 5.74) is 1.82. The van der Waals surface area contributed by atoms with Gasteiger partial charge in [0.2, 0.25) is 17.5 Å². The van der Waals surface area contributed by atoms with Gasteiger partial charge in [0.25, 0.3) is 22.0 Å². The molecule has 1 aromatic carbocycles. The van der Waals surface area contributed by atoms with E-state index in [2.05, 4.69) is 25.6 Å². The molecule has 3 saturated heterocycles. The second-order valence-electron chi connectivity index (χ2n) is 13.6. The number of rotatable bonds is 10. The topological polar surface area (TPSA) is 172 Å². The standard InChI is InChI=1S/C33H40N8O6S/c42-29-18-33(32(45)37-29)11-15-41(21-33)48(46,47)38-26-9-13-39(14-10-26)16-12-34-30(43)23-4-1-3-22(17-23)27-20-40-19-24(7-8-28(40)36-27)31(44)35-25-5-2-6-25/h1,3-4,7-8,17,20,25-26,38H,2,5-6,9-16,18-19,21H2,(H2-,34,35,37,42,43,44,45)/p+1/t33-/m0/s1. The molecular formula is C33H41N8O6S+. The first kappa shape index (κ1) is 32.5. The average molecular weight is 678 g/mol. The number of allylic oxidation sites excluding steroid dienone is 2. The Bertz CT molecular complexity index is 1770. The van der Waals surface area contributed by atoms with Crippen LogP contribution < -0.4 is 20.7 Å². The molecule has 14 nitrogen and oxygen atoms in total. The van der Waals surface area contributed by atoms with Crippen LogP contribution in [-0.4, -0.2) is 116 Å². The highest BCUT2D eigenvalue weighted by Crippen LogP contribution is 2.38. The molecule has 5 aliphatic heterocycles. The molecule has 5 heterocycles. The molecule has 4 fully saturated rings. The fourth-order valence-corrected chi connectivity index (χ4v) is 8.64. The molecular weight excluding hydrogens is 636 g/mol. The second kappa shape index (κ2) is 13.1. The second-order valence-corrected chi connectivity index (χ2v) is 15.3. The Labute approximate surface area is 279 Å². The molecule has 1 atom stereocenters. The van der Waals surface area contributed by atoms with Gasteiger partial charge in [-0.05, 0) is 74.8 Å². The lowest BCUT2D eigenvalue weighted by Crippen LogP contribution is -2.50. The van der Waals surface area contributed by atoms with E-state index in [1.54, 1.807) is 6.07 Å². The van der Waals surface area contributed by atoms with Gasteiger partial charge in [-0.3, -0.25) is 24.5 Å². The van der Waals surface area contributed by atoms with Crippen molar-refractivity contribution < 1.29 is 32.2 Å².